The van der Waals surface area contributed by atoms with Gasteiger partial charge in [-0.1, -0.05) is 36.4 Å². The Morgan fingerprint density at radius 3 is 2.34 bits per heavy atom. The van der Waals surface area contributed by atoms with Crippen LogP contribution < -0.4 is 25.6 Å². The van der Waals surface area contributed by atoms with Crippen molar-refractivity contribution in [3.63, 3.8) is 0 Å². The van der Waals surface area contributed by atoms with E-state index in [0.717, 1.165) is 5.56 Å². The molecule has 0 fully saturated rings. The Morgan fingerprint density at radius 2 is 1.66 bits per heavy atom. The second-order valence-electron chi connectivity index (χ2n) is 6.16. The Hall–Kier alpha value is -3.13. The van der Waals surface area contributed by atoms with Crippen LogP contribution in [0.15, 0.2) is 48.5 Å². The number of hydrogen-bond donors (Lipinski definition) is 3. The summed E-state index contributed by atoms with van der Waals surface area (Å²) in [7, 11) is 3.18. The fourth-order valence-electron chi connectivity index (χ4n) is 2.59. The molecule has 0 aliphatic carbocycles. The normalized spacial score (nSPS) is 10.0. The number of carbonyl (C=O) groups excluding carboxylic acids is 2. The third-order valence-electron chi connectivity index (χ3n) is 4.14. The molecule has 8 heteroatoms. The van der Waals surface area contributed by atoms with Crippen molar-refractivity contribution in [2.24, 2.45) is 0 Å². The molecule has 0 unspecified atom stereocenters. The highest BCUT2D eigenvalue weighted by Gasteiger charge is 2.09. The highest BCUT2D eigenvalue weighted by molar-refractivity contribution is 7.80. The number of benzene rings is 2. The molecule has 2 rings (SSSR count). The molecule has 154 valence electrons. The summed E-state index contributed by atoms with van der Waals surface area (Å²) in [6.45, 7) is 0.573. The Kier molecular flexibility index (Phi) is 8.91. The van der Waals surface area contributed by atoms with Crippen molar-refractivity contribution in [2.45, 2.75) is 19.3 Å². The van der Waals surface area contributed by atoms with E-state index < -0.39 is 0 Å². The molecule has 7 nitrogen and oxygen atoms in total. The molecule has 0 heterocycles. The van der Waals surface area contributed by atoms with Gasteiger partial charge < -0.3 is 14.8 Å². The third-order valence-corrected chi connectivity index (χ3v) is 4.38. The van der Waals surface area contributed by atoms with Crippen LogP contribution >= 0.6 is 12.2 Å². The number of hydrogen-bond acceptors (Lipinski definition) is 5. The summed E-state index contributed by atoms with van der Waals surface area (Å²) in [5.74, 6) is 0.965. The van der Waals surface area contributed by atoms with Crippen LogP contribution in [0.1, 0.15) is 28.8 Å². The standard InChI is InChI=1S/C21H25N3O4S/c1-27-18-10-8-15(14-19(18)28-2)12-13-22-21(29)24-23-20(26)11-9-17(25)16-6-4-3-5-7-16/h3-8,10,14H,9,11-13H2,1-2H3,(H,23,26)(H2,22,24,29). The third kappa shape index (κ3) is 7.42. The maximum absolute atomic E-state index is 12.0. The lowest BCUT2D eigenvalue weighted by Gasteiger charge is -2.12. The number of ketones is 1. The van der Waals surface area contributed by atoms with Gasteiger partial charge >= 0.3 is 0 Å². The highest BCUT2D eigenvalue weighted by atomic mass is 32.1. The quantitative estimate of drug-likeness (QED) is 0.329. The van der Waals surface area contributed by atoms with E-state index in [-0.39, 0.29) is 24.5 Å². The first-order valence-corrected chi connectivity index (χ1v) is 9.56. The molecule has 0 saturated carbocycles. The van der Waals surface area contributed by atoms with Gasteiger partial charge in [-0.05, 0) is 36.3 Å². The van der Waals surface area contributed by atoms with Crippen LogP contribution in [-0.2, 0) is 11.2 Å². The van der Waals surface area contributed by atoms with Gasteiger partial charge in [0.2, 0.25) is 5.91 Å². The molecular weight excluding hydrogens is 390 g/mol. The number of nitrogens with one attached hydrogen (secondary N) is 3. The van der Waals surface area contributed by atoms with Crippen LogP contribution in [0, 0.1) is 0 Å². The number of methoxy groups -OCH3 is 2. The van der Waals surface area contributed by atoms with Crippen LogP contribution in [0.25, 0.3) is 0 Å². The lowest BCUT2D eigenvalue weighted by Crippen LogP contribution is -2.47. The number of rotatable bonds is 9. The van der Waals surface area contributed by atoms with Crippen LogP contribution in [0.2, 0.25) is 0 Å². The van der Waals surface area contributed by atoms with Crippen molar-refractivity contribution in [3.05, 3.63) is 59.7 Å². The van der Waals surface area contributed by atoms with E-state index in [1.165, 1.54) is 0 Å². The molecule has 0 atom stereocenters. The van der Waals surface area contributed by atoms with Crippen LogP contribution in [0.4, 0.5) is 0 Å². The van der Waals surface area contributed by atoms with Gasteiger partial charge in [0.1, 0.15) is 0 Å². The molecule has 0 saturated heterocycles. The van der Waals surface area contributed by atoms with Crippen molar-refractivity contribution in [3.8, 4) is 11.5 Å². The Balaban J connectivity index is 1.65. The monoisotopic (exact) mass is 415 g/mol. The van der Waals surface area contributed by atoms with E-state index >= 15 is 0 Å². The molecule has 29 heavy (non-hydrogen) atoms. The SMILES string of the molecule is COc1ccc(CCNC(=S)NNC(=O)CCC(=O)c2ccccc2)cc1OC. The van der Waals surface area contributed by atoms with Crippen molar-refractivity contribution >= 4 is 29.0 Å². The number of carbonyl (C=O) groups is 2. The molecular formula is C21H25N3O4S. The van der Waals surface area contributed by atoms with Gasteiger partial charge in [-0.15, -0.1) is 0 Å². The molecule has 0 spiro atoms. The van der Waals surface area contributed by atoms with Crippen molar-refractivity contribution in [2.75, 3.05) is 20.8 Å². The molecule has 3 N–H and O–H groups in total. The molecule has 0 aromatic heterocycles. The second-order valence-corrected chi connectivity index (χ2v) is 6.57. The smallest absolute Gasteiger partial charge is 0.238 e. The van der Waals surface area contributed by atoms with E-state index in [2.05, 4.69) is 16.2 Å². The van der Waals surface area contributed by atoms with Gasteiger partial charge in [-0.3, -0.25) is 20.4 Å². The van der Waals surface area contributed by atoms with E-state index in [9.17, 15) is 9.59 Å². The number of ether oxygens (including phenoxy) is 2. The average molecular weight is 416 g/mol. The average Bonchev–Trinajstić information content (AvgIpc) is 2.76. The van der Waals surface area contributed by atoms with Crippen molar-refractivity contribution in [1.82, 2.24) is 16.2 Å². The van der Waals surface area contributed by atoms with Gasteiger partial charge in [0.05, 0.1) is 14.2 Å². The van der Waals surface area contributed by atoms with E-state index in [1.807, 2.05) is 24.3 Å². The summed E-state index contributed by atoms with van der Waals surface area (Å²) in [5.41, 5.74) is 6.78. The zero-order valence-electron chi connectivity index (χ0n) is 16.5. The van der Waals surface area contributed by atoms with Crippen LogP contribution in [0.3, 0.4) is 0 Å². The fourth-order valence-corrected chi connectivity index (χ4v) is 2.74. The first kappa shape index (κ1) is 22.2. The molecule has 1 amide bonds. The van der Waals surface area contributed by atoms with Gasteiger partial charge in [0.25, 0.3) is 0 Å². The zero-order chi connectivity index (χ0) is 21.1. The minimum atomic E-state index is -0.307. The Morgan fingerprint density at radius 1 is 0.931 bits per heavy atom. The maximum Gasteiger partial charge on any atom is 0.238 e. The largest absolute Gasteiger partial charge is 0.493 e. The summed E-state index contributed by atoms with van der Waals surface area (Å²) in [5, 5.41) is 3.31. The summed E-state index contributed by atoms with van der Waals surface area (Å²) in [4.78, 5) is 23.9. The van der Waals surface area contributed by atoms with Crippen LogP contribution in [0.5, 0.6) is 11.5 Å². The zero-order valence-corrected chi connectivity index (χ0v) is 17.3. The minimum Gasteiger partial charge on any atom is -0.493 e. The molecule has 0 aliphatic heterocycles. The van der Waals surface area contributed by atoms with Gasteiger partial charge in [0.15, 0.2) is 22.4 Å². The lowest BCUT2D eigenvalue weighted by molar-refractivity contribution is -0.121. The predicted octanol–water partition coefficient (Wildman–Crippen LogP) is 2.40. The minimum absolute atomic E-state index is 0.0728. The summed E-state index contributed by atoms with van der Waals surface area (Å²) in [6.07, 6.45) is 0.924. The van der Waals surface area contributed by atoms with E-state index in [1.54, 1.807) is 38.5 Å². The topological polar surface area (TPSA) is 88.7 Å². The van der Waals surface area contributed by atoms with Gasteiger partial charge in [-0.25, -0.2) is 0 Å². The highest BCUT2D eigenvalue weighted by Crippen LogP contribution is 2.27. The van der Waals surface area contributed by atoms with Gasteiger partial charge in [-0.2, -0.15) is 0 Å². The lowest BCUT2D eigenvalue weighted by atomic mass is 10.1. The first-order chi connectivity index (χ1) is 14.0. The van der Waals surface area contributed by atoms with Crippen molar-refractivity contribution < 1.29 is 19.1 Å². The Bertz CT molecular complexity index is 843. The molecule has 2 aromatic rings. The Labute approximate surface area is 175 Å². The molecule has 0 radical (unpaired) electrons. The summed E-state index contributed by atoms with van der Waals surface area (Å²) in [6, 6.07) is 14.6. The molecule has 0 bridgehead atoms. The number of hydrazine groups is 1. The van der Waals surface area contributed by atoms with Gasteiger partial charge in [0, 0.05) is 24.9 Å². The molecule has 2 aromatic carbocycles. The first-order valence-electron chi connectivity index (χ1n) is 9.15. The van der Waals surface area contributed by atoms with E-state index in [4.69, 9.17) is 21.7 Å². The predicted molar refractivity (Wildman–Crippen MR) is 115 cm³/mol. The molecule has 0 aliphatic rings. The second kappa shape index (κ2) is 11.7. The number of Topliss-reactive ketones (excluding diaryl/α,β-unsaturated/α-hetero) is 1. The summed E-state index contributed by atoms with van der Waals surface area (Å²) < 4.78 is 10.5. The number of thiocarbonyl (C=S) groups is 1. The van der Waals surface area contributed by atoms with Crippen LogP contribution in [-0.4, -0.2) is 37.6 Å². The number of amides is 1. The van der Waals surface area contributed by atoms with Crippen molar-refractivity contribution in [1.29, 1.82) is 0 Å². The maximum atomic E-state index is 12.0. The summed E-state index contributed by atoms with van der Waals surface area (Å²) >= 11 is 5.14. The van der Waals surface area contributed by atoms with E-state index in [0.29, 0.717) is 35.1 Å². The fraction of sp³-hybridized carbons (Fsp3) is 0.286.